The summed E-state index contributed by atoms with van der Waals surface area (Å²) in [7, 11) is 0. The van der Waals surface area contributed by atoms with Gasteiger partial charge in [0.1, 0.15) is 0 Å². The van der Waals surface area contributed by atoms with Crippen LogP contribution in [0.1, 0.15) is 24.9 Å². The summed E-state index contributed by atoms with van der Waals surface area (Å²) in [6, 6.07) is 8.40. The number of hydrogen-bond acceptors (Lipinski definition) is 3. The van der Waals surface area contributed by atoms with Crippen LogP contribution in [0.15, 0.2) is 28.7 Å². The van der Waals surface area contributed by atoms with Gasteiger partial charge in [0, 0.05) is 30.7 Å². The lowest BCUT2D eigenvalue weighted by molar-refractivity contribution is 0.0651. The van der Waals surface area contributed by atoms with Gasteiger partial charge in [0.15, 0.2) is 0 Å². The SMILES string of the molecule is CCCN1CCN(C(CO)c2cccc(Br)c2)CC1. The molecule has 0 aromatic heterocycles. The molecule has 1 unspecified atom stereocenters. The number of halogens is 1. The Morgan fingerprint density at radius 1 is 1.26 bits per heavy atom. The van der Waals surface area contributed by atoms with E-state index in [4.69, 9.17) is 0 Å². The molecular weight excluding hydrogens is 304 g/mol. The van der Waals surface area contributed by atoms with Crippen molar-refractivity contribution >= 4 is 15.9 Å². The number of rotatable bonds is 5. The van der Waals surface area contributed by atoms with Crippen LogP contribution in [0, 0.1) is 0 Å². The van der Waals surface area contributed by atoms with Crippen LogP contribution < -0.4 is 0 Å². The standard InChI is InChI=1S/C15H23BrN2O/c1-2-6-17-7-9-18(10-8-17)15(12-19)13-4-3-5-14(16)11-13/h3-5,11,15,19H,2,6-10,12H2,1H3. The second kappa shape index (κ2) is 7.39. The first kappa shape index (κ1) is 15.0. The van der Waals surface area contributed by atoms with Crippen molar-refractivity contribution in [3.8, 4) is 0 Å². The Hall–Kier alpha value is -0.420. The van der Waals surface area contributed by atoms with Crippen molar-refractivity contribution in [2.45, 2.75) is 19.4 Å². The minimum absolute atomic E-state index is 0.126. The molecule has 1 aromatic carbocycles. The van der Waals surface area contributed by atoms with Crippen molar-refractivity contribution in [3.63, 3.8) is 0 Å². The minimum atomic E-state index is 0.126. The number of benzene rings is 1. The highest BCUT2D eigenvalue weighted by Gasteiger charge is 2.24. The fourth-order valence-electron chi connectivity index (χ4n) is 2.76. The number of aliphatic hydroxyl groups is 1. The maximum atomic E-state index is 9.72. The highest BCUT2D eigenvalue weighted by atomic mass is 79.9. The summed E-state index contributed by atoms with van der Waals surface area (Å²) >= 11 is 3.51. The molecule has 1 aliphatic rings. The number of hydrogen-bond donors (Lipinski definition) is 1. The van der Waals surface area contributed by atoms with Gasteiger partial charge in [-0.05, 0) is 30.7 Å². The van der Waals surface area contributed by atoms with E-state index >= 15 is 0 Å². The van der Waals surface area contributed by atoms with Crippen molar-refractivity contribution in [2.24, 2.45) is 0 Å². The van der Waals surface area contributed by atoms with Crippen LogP contribution in [0.3, 0.4) is 0 Å². The van der Waals surface area contributed by atoms with Gasteiger partial charge in [0.2, 0.25) is 0 Å². The highest BCUT2D eigenvalue weighted by molar-refractivity contribution is 9.10. The fourth-order valence-corrected chi connectivity index (χ4v) is 3.18. The van der Waals surface area contributed by atoms with Gasteiger partial charge in [-0.3, -0.25) is 4.90 Å². The van der Waals surface area contributed by atoms with Gasteiger partial charge in [0.05, 0.1) is 12.6 Å². The molecule has 0 radical (unpaired) electrons. The highest BCUT2D eigenvalue weighted by Crippen LogP contribution is 2.24. The van der Waals surface area contributed by atoms with Gasteiger partial charge >= 0.3 is 0 Å². The summed E-state index contributed by atoms with van der Waals surface area (Å²) in [5.41, 5.74) is 1.20. The molecular formula is C15H23BrN2O. The van der Waals surface area contributed by atoms with Crippen LogP contribution in [-0.4, -0.2) is 54.2 Å². The molecule has 0 bridgehead atoms. The zero-order valence-corrected chi connectivity index (χ0v) is 13.1. The third-order valence-electron chi connectivity index (χ3n) is 3.79. The van der Waals surface area contributed by atoms with Crippen LogP contribution in [0.5, 0.6) is 0 Å². The van der Waals surface area contributed by atoms with E-state index < -0.39 is 0 Å². The van der Waals surface area contributed by atoms with E-state index in [0.29, 0.717) is 0 Å². The zero-order chi connectivity index (χ0) is 13.7. The molecule has 3 nitrogen and oxygen atoms in total. The Morgan fingerprint density at radius 2 is 2.00 bits per heavy atom. The van der Waals surface area contributed by atoms with Gasteiger partial charge in [0.25, 0.3) is 0 Å². The average molecular weight is 327 g/mol. The Kier molecular flexibility index (Phi) is 5.82. The van der Waals surface area contributed by atoms with Gasteiger partial charge in [-0.2, -0.15) is 0 Å². The topological polar surface area (TPSA) is 26.7 Å². The molecule has 1 aromatic rings. The Morgan fingerprint density at radius 3 is 2.58 bits per heavy atom. The van der Waals surface area contributed by atoms with Crippen LogP contribution in [-0.2, 0) is 0 Å². The van der Waals surface area contributed by atoms with E-state index in [2.05, 4.69) is 44.8 Å². The van der Waals surface area contributed by atoms with E-state index in [1.165, 1.54) is 18.5 Å². The van der Waals surface area contributed by atoms with E-state index in [1.807, 2.05) is 12.1 Å². The maximum Gasteiger partial charge on any atom is 0.0628 e. The fraction of sp³-hybridized carbons (Fsp3) is 0.600. The van der Waals surface area contributed by atoms with Gasteiger partial charge in [-0.25, -0.2) is 0 Å². The Labute approximate surface area is 124 Å². The average Bonchev–Trinajstić information content (AvgIpc) is 2.42. The largest absolute Gasteiger partial charge is 0.394 e. The third kappa shape index (κ3) is 4.02. The quantitative estimate of drug-likeness (QED) is 0.900. The first-order valence-electron chi connectivity index (χ1n) is 7.07. The predicted molar refractivity (Wildman–Crippen MR) is 82.3 cm³/mol. The Balaban J connectivity index is 1.99. The van der Waals surface area contributed by atoms with Crippen molar-refractivity contribution in [1.82, 2.24) is 9.80 Å². The van der Waals surface area contributed by atoms with Gasteiger partial charge in [-0.15, -0.1) is 0 Å². The van der Waals surface area contributed by atoms with Crippen molar-refractivity contribution < 1.29 is 5.11 Å². The summed E-state index contributed by atoms with van der Waals surface area (Å²) in [5, 5.41) is 9.72. The predicted octanol–water partition coefficient (Wildman–Crippen LogP) is 2.51. The van der Waals surface area contributed by atoms with Crippen molar-refractivity contribution in [2.75, 3.05) is 39.3 Å². The smallest absolute Gasteiger partial charge is 0.0628 e. The molecule has 1 heterocycles. The zero-order valence-electron chi connectivity index (χ0n) is 11.6. The molecule has 4 heteroatoms. The number of aliphatic hydroxyl groups excluding tert-OH is 1. The molecule has 1 N–H and O–H groups in total. The summed E-state index contributed by atoms with van der Waals surface area (Å²) in [6.07, 6.45) is 1.22. The lowest BCUT2D eigenvalue weighted by atomic mass is 10.1. The normalized spacial score (nSPS) is 19.5. The molecule has 1 aliphatic heterocycles. The number of nitrogens with zero attached hydrogens (tertiary/aromatic N) is 2. The van der Waals surface area contributed by atoms with Gasteiger partial charge < -0.3 is 10.0 Å². The summed E-state index contributed by atoms with van der Waals surface area (Å²) < 4.78 is 1.08. The van der Waals surface area contributed by atoms with Crippen LogP contribution in [0.2, 0.25) is 0 Å². The molecule has 0 spiro atoms. The first-order valence-corrected chi connectivity index (χ1v) is 7.86. The van der Waals surface area contributed by atoms with E-state index in [0.717, 1.165) is 30.7 Å². The molecule has 0 saturated carbocycles. The summed E-state index contributed by atoms with van der Waals surface area (Å²) in [6.45, 7) is 7.90. The lowest BCUT2D eigenvalue weighted by Crippen LogP contribution is -2.48. The molecule has 106 valence electrons. The molecule has 0 amide bonds. The van der Waals surface area contributed by atoms with Crippen LogP contribution in [0.4, 0.5) is 0 Å². The molecule has 1 fully saturated rings. The van der Waals surface area contributed by atoms with E-state index in [1.54, 1.807) is 0 Å². The van der Waals surface area contributed by atoms with E-state index in [9.17, 15) is 5.11 Å². The lowest BCUT2D eigenvalue weighted by Gasteiger charge is -2.38. The molecule has 1 saturated heterocycles. The van der Waals surface area contributed by atoms with Crippen molar-refractivity contribution in [3.05, 3.63) is 34.3 Å². The molecule has 19 heavy (non-hydrogen) atoms. The van der Waals surface area contributed by atoms with Crippen molar-refractivity contribution in [1.29, 1.82) is 0 Å². The molecule has 1 atom stereocenters. The maximum absolute atomic E-state index is 9.72. The molecule has 0 aliphatic carbocycles. The van der Waals surface area contributed by atoms with Crippen LogP contribution in [0.25, 0.3) is 0 Å². The summed E-state index contributed by atoms with van der Waals surface area (Å²) in [4.78, 5) is 4.90. The second-order valence-electron chi connectivity index (χ2n) is 5.13. The Bertz CT molecular complexity index is 391. The van der Waals surface area contributed by atoms with Crippen LogP contribution >= 0.6 is 15.9 Å². The third-order valence-corrected chi connectivity index (χ3v) is 4.29. The molecule has 2 rings (SSSR count). The monoisotopic (exact) mass is 326 g/mol. The second-order valence-corrected chi connectivity index (χ2v) is 6.05. The summed E-state index contributed by atoms with van der Waals surface area (Å²) in [5.74, 6) is 0. The first-order chi connectivity index (χ1) is 9.24. The van der Waals surface area contributed by atoms with E-state index in [-0.39, 0.29) is 12.6 Å². The van der Waals surface area contributed by atoms with Gasteiger partial charge in [-0.1, -0.05) is 35.0 Å². The number of piperazine rings is 1. The minimum Gasteiger partial charge on any atom is -0.394 e.